The zero-order valence-electron chi connectivity index (χ0n) is 8.74. The molecule has 0 aliphatic carbocycles. The van der Waals surface area contributed by atoms with Crippen molar-refractivity contribution in [2.75, 3.05) is 5.75 Å². The molecule has 1 N–H and O–H groups in total. The van der Waals surface area contributed by atoms with Gasteiger partial charge in [-0.1, -0.05) is 19.1 Å². The number of hydrogen-bond donors (Lipinski definition) is 1. The number of rotatable bonds is 5. The normalized spacial score (nSPS) is 11.4. The van der Waals surface area contributed by atoms with E-state index in [0.29, 0.717) is 0 Å². The SMILES string of the molecule is CCSc1ccc(C(F)(F)CC(=O)O)cc1. The highest BCUT2D eigenvalue weighted by molar-refractivity contribution is 7.99. The van der Waals surface area contributed by atoms with E-state index in [2.05, 4.69) is 0 Å². The molecule has 0 spiro atoms. The van der Waals surface area contributed by atoms with Crippen LogP contribution in [0.4, 0.5) is 8.78 Å². The average molecular weight is 246 g/mol. The van der Waals surface area contributed by atoms with Gasteiger partial charge in [-0.3, -0.25) is 4.79 Å². The quantitative estimate of drug-likeness (QED) is 0.809. The molecule has 88 valence electrons. The van der Waals surface area contributed by atoms with Crippen molar-refractivity contribution in [3.63, 3.8) is 0 Å². The molecule has 0 amide bonds. The predicted octanol–water partition coefficient (Wildman–Crippen LogP) is 3.37. The fourth-order valence-corrected chi connectivity index (χ4v) is 1.92. The molecule has 1 rings (SSSR count). The molecule has 0 radical (unpaired) electrons. The molecule has 1 aromatic carbocycles. The molecule has 0 unspecified atom stereocenters. The zero-order valence-corrected chi connectivity index (χ0v) is 9.56. The van der Waals surface area contributed by atoms with Gasteiger partial charge in [-0.2, -0.15) is 0 Å². The standard InChI is InChI=1S/C11H12F2O2S/c1-2-16-9-5-3-8(4-6-9)11(12,13)7-10(14)15/h3-6H,2,7H2,1H3,(H,14,15). The van der Waals surface area contributed by atoms with Gasteiger partial charge in [0.15, 0.2) is 0 Å². The van der Waals surface area contributed by atoms with E-state index in [4.69, 9.17) is 5.11 Å². The number of carboxylic acid groups (broad SMARTS) is 1. The molecule has 16 heavy (non-hydrogen) atoms. The van der Waals surface area contributed by atoms with E-state index in [-0.39, 0.29) is 5.56 Å². The first-order valence-corrected chi connectivity index (χ1v) is 5.77. The molecular weight excluding hydrogens is 234 g/mol. The molecule has 1 aromatic rings. The van der Waals surface area contributed by atoms with Crippen LogP contribution >= 0.6 is 11.8 Å². The number of carboxylic acids is 1. The molecule has 0 atom stereocenters. The lowest BCUT2D eigenvalue weighted by Gasteiger charge is -2.14. The lowest BCUT2D eigenvalue weighted by molar-refractivity contribution is -0.145. The Morgan fingerprint density at radius 1 is 1.38 bits per heavy atom. The van der Waals surface area contributed by atoms with Crippen molar-refractivity contribution in [3.05, 3.63) is 29.8 Å². The Balaban J connectivity index is 2.83. The maximum Gasteiger partial charge on any atom is 0.309 e. The third kappa shape index (κ3) is 3.48. The number of alkyl halides is 2. The lowest BCUT2D eigenvalue weighted by atomic mass is 10.1. The van der Waals surface area contributed by atoms with Gasteiger partial charge >= 0.3 is 5.97 Å². The summed E-state index contributed by atoms with van der Waals surface area (Å²) in [6.07, 6.45) is -1.17. The van der Waals surface area contributed by atoms with Crippen molar-refractivity contribution in [2.24, 2.45) is 0 Å². The van der Waals surface area contributed by atoms with Gasteiger partial charge in [0.05, 0.1) is 0 Å². The van der Waals surface area contributed by atoms with Gasteiger partial charge in [-0.05, 0) is 17.9 Å². The van der Waals surface area contributed by atoms with Crippen LogP contribution in [-0.2, 0) is 10.7 Å². The van der Waals surface area contributed by atoms with Crippen LogP contribution in [0.25, 0.3) is 0 Å². The van der Waals surface area contributed by atoms with E-state index >= 15 is 0 Å². The van der Waals surface area contributed by atoms with Gasteiger partial charge in [0.25, 0.3) is 5.92 Å². The van der Waals surface area contributed by atoms with Crippen molar-refractivity contribution in [3.8, 4) is 0 Å². The molecule has 0 bridgehead atoms. The van der Waals surface area contributed by atoms with Crippen molar-refractivity contribution in [1.29, 1.82) is 0 Å². The predicted molar refractivity (Wildman–Crippen MR) is 59.0 cm³/mol. The van der Waals surface area contributed by atoms with E-state index in [9.17, 15) is 13.6 Å². The highest BCUT2D eigenvalue weighted by Gasteiger charge is 2.34. The second-order valence-corrected chi connectivity index (χ2v) is 4.57. The highest BCUT2D eigenvalue weighted by atomic mass is 32.2. The molecule has 0 saturated carbocycles. The van der Waals surface area contributed by atoms with E-state index in [0.717, 1.165) is 10.6 Å². The van der Waals surface area contributed by atoms with Gasteiger partial charge in [0.2, 0.25) is 0 Å². The molecular formula is C11H12F2O2S. The minimum absolute atomic E-state index is 0.254. The van der Waals surface area contributed by atoms with Crippen LogP contribution in [0.5, 0.6) is 0 Å². The first kappa shape index (κ1) is 13.0. The summed E-state index contributed by atoms with van der Waals surface area (Å²) < 4.78 is 26.7. The second kappa shape index (κ2) is 5.30. The van der Waals surface area contributed by atoms with Crippen LogP contribution in [-0.4, -0.2) is 16.8 Å². The number of benzene rings is 1. The van der Waals surface area contributed by atoms with Gasteiger partial charge in [0, 0.05) is 10.5 Å². The van der Waals surface area contributed by atoms with Crippen molar-refractivity contribution in [1.82, 2.24) is 0 Å². The van der Waals surface area contributed by atoms with E-state index in [1.807, 2.05) is 6.92 Å². The lowest BCUT2D eigenvalue weighted by Crippen LogP contribution is -2.18. The fraction of sp³-hybridized carbons (Fsp3) is 0.364. The Morgan fingerprint density at radius 2 is 1.94 bits per heavy atom. The maximum absolute atomic E-state index is 13.3. The van der Waals surface area contributed by atoms with Gasteiger partial charge in [-0.15, -0.1) is 11.8 Å². The Morgan fingerprint density at radius 3 is 2.38 bits per heavy atom. The summed E-state index contributed by atoms with van der Waals surface area (Å²) in [5, 5.41) is 8.37. The minimum atomic E-state index is -3.30. The Bertz CT molecular complexity index is 363. The van der Waals surface area contributed by atoms with E-state index in [1.165, 1.54) is 12.1 Å². The number of hydrogen-bond acceptors (Lipinski definition) is 2. The van der Waals surface area contributed by atoms with Crippen LogP contribution < -0.4 is 0 Å². The molecule has 5 heteroatoms. The third-order valence-electron chi connectivity index (χ3n) is 1.96. The zero-order chi connectivity index (χ0) is 12.2. The van der Waals surface area contributed by atoms with Crippen molar-refractivity contribution < 1.29 is 18.7 Å². The van der Waals surface area contributed by atoms with Gasteiger partial charge in [0.1, 0.15) is 6.42 Å². The van der Waals surface area contributed by atoms with Gasteiger partial charge in [-0.25, -0.2) is 8.78 Å². The summed E-state index contributed by atoms with van der Waals surface area (Å²) in [5.41, 5.74) is -0.254. The van der Waals surface area contributed by atoms with Crippen LogP contribution in [0.3, 0.4) is 0 Å². The van der Waals surface area contributed by atoms with Crippen LogP contribution in [0.15, 0.2) is 29.2 Å². The summed E-state index contributed by atoms with van der Waals surface area (Å²) in [4.78, 5) is 11.2. The second-order valence-electron chi connectivity index (χ2n) is 3.23. The van der Waals surface area contributed by atoms with E-state index < -0.39 is 18.3 Å². The largest absolute Gasteiger partial charge is 0.481 e. The maximum atomic E-state index is 13.3. The molecule has 0 aromatic heterocycles. The molecule has 0 aliphatic rings. The van der Waals surface area contributed by atoms with Crippen LogP contribution in [0.1, 0.15) is 18.9 Å². The van der Waals surface area contributed by atoms with Crippen molar-refractivity contribution >= 4 is 17.7 Å². The molecule has 0 fully saturated rings. The topological polar surface area (TPSA) is 37.3 Å². The minimum Gasteiger partial charge on any atom is -0.481 e. The fourth-order valence-electron chi connectivity index (χ4n) is 1.25. The monoisotopic (exact) mass is 246 g/mol. The molecule has 0 aliphatic heterocycles. The molecule has 2 nitrogen and oxygen atoms in total. The highest BCUT2D eigenvalue weighted by Crippen LogP contribution is 2.32. The van der Waals surface area contributed by atoms with Crippen LogP contribution in [0.2, 0.25) is 0 Å². The summed E-state index contributed by atoms with van der Waals surface area (Å²) in [6, 6.07) is 5.72. The third-order valence-corrected chi connectivity index (χ3v) is 2.86. The molecule has 0 heterocycles. The number of halogens is 2. The first-order valence-electron chi connectivity index (χ1n) is 4.78. The van der Waals surface area contributed by atoms with Crippen molar-refractivity contribution in [2.45, 2.75) is 24.2 Å². The summed E-state index contributed by atoms with van der Waals surface area (Å²) >= 11 is 1.55. The Hall–Kier alpha value is -1.10. The number of thioether (sulfide) groups is 1. The first-order chi connectivity index (χ1) is 7.45. The summed E-state index contributed by atoms with van der Waals surface area (Å²) in [6.45, 7) is 1.97. The van der Waals surface area contributed by atoms with Gasteiger partial charge < -0.3 is 5.11 Å². The van der Waals surface area contributed by atoms with Crippen LogP contribution in [0, 0.1) is 0 Å². The Labute approximate surface area is 96.7 Å². The smallest absolute Gasteiger partial charge is 0.309 e. The van der Waals surface area contributed by atoms with E-state index in [1.54, 1.807) is 23.9 Å². The summed E-state index contributed by atoms with van der Waals surface area (Å²) in [5.74, 6) is -3.94. The molecule has 0 saturated heterocycles. The number of carbonyl (C=O) groups is 1. The summed E-state index contributed by atoms with van der Waals surface area (Å²) in [7, 11) is 0. The average Bonchev–Trinajstić information content (AvgIpc) is 2.17. The number of aliphatic carboxylic acids is 1. The Kier molecular flexibility index (Phi) is 4.29.